The fourth-order valence-corrected chi connectivity index (χ4v) is 1.58. The number of carbonyl (C=O) groups is 1. The molecule has 1 unspecified atom stereocenters. The van der Waals surface area contributed by atoms with Gasteiger partial charge in [0.1, 0.15) is 0 Å². The molecule has 4 heteroatoms. The van der Waals surface area contributed by atoms with Crippen molar-refractivity contribution in [1.82, 2.24) is 9.88 Å². The van der Waals surface area contributed by atoms with Crippen molar-refractivity contribution >= 4 is 17.5 Å². The van der Waals surface area contributed by atoms with Gasteiger partial charge in [-0.25, -0.2) is 0 Å². The number of carbonyl (C=O) groups excluding carboxylic acids is 1. The lowest BCUT2D eigenvalue weighted by molar-refractivity contribution is -0.133. The molecule has 88 valence electrons. The number of rotatable bonds is 4. The number of aromatic nitrogens is 1. The average Bonchev–Trinajstić information content (AvgIpc) is 2.27. The molecule has 16 heavy (non-hydrogen) atoms. The average molecular weight is 241 g/mol. The van der Waals surface area contributed by atoms with Crippen LogP contribution in [0.2, 0.25) is 0 Å². The number of hydrogen-bond acceptors (Lipinski definition) is 2. The van der Waals surface area contributed by atoms with Crippen LogP contribution in [-0.4, -0.2) is 28.7 Å². The Morgan fingerprint density at radius 1 is 1.56 bits per heavy atom. The van der Waals surface area contributed by atoms with E-state index in [4.69, 9.17) is 11.6 Å². The number of nitrogens with zero attached hydrogens (tertiary/aromatic N) is 2. The zero-order valence-electron chi connectivity index (χ0n) is 9.90. The van der Waals surface area contributed by atoms with Crippen molar-refractivity contribution in [1.29, 1.82) is 0 Å². The molecule has 0 N–H and O–H groups in total. The molecule has 1 rings (SSSR count). The van der Waals surface area contributed by atoms with Crippen molar-refractivity contribution in [3.8, 4) is 0 Å². The first-order chi connectivity index (χ1) is 7.54. The minimum atomic E-state index is -0.142. The van der Waals surface area contributed by atoms with E-state index in [1.165, 1.54) is 0 Å². The fraction of sp³-hybridized carbons (Fsp3) is 0.500. The van der Waals surface area contributed by atoms with Crippen molar-refractivity contribution in [2.45, 2.75) is 20.4 Å². The lowest BCUT2D eigenvalue weighted by Crippen LogP contribution is -2.32. The van der Waals surface area contributed by atoms with Gasteiger partial charge in [-0.1, -0.05) is 13.0 Å². The summed E-state index contributed by atoms with van der Waals surface area (Å²) in [4.78, 5) is 17.8. The van der Waals surface area contributed by atoms with E-state index in [0.29, 0.717) is 12.4 Å². The summed E-state index contributed by atoms with van der Waals surface area (Å²) < 4.78 is 0. The molecule has 0 bridgehead atoms. The molecule has 1 atom stereocenters. The van der Waals surface area contributed by atoms with Gasteiger partial charge in [0.15, 0.2) is 0 Å². The Morgan fingerprint density at radius 2 is 2.25 bits per heavy atom. The Kier molecular flexibility index (Phi) is 4.74. The van der Waals surface area contributed by atoms with Crippen molar-refractivity contribution < 1.29 is 4.79 Å². The third-order valence-corrected chi connectivity index (χ3v) is 2.84. The van der Waals surface area contributed by atoms with Gasteiger partial charge < -0.3 is 4.90 Å². The summed E-state index contributed by atoms with van der Waals surface area (Å²) in [5.74, 6) is 0.263. The highest BCUT2D eigenvalue weighted by atomic mass is 35.5. The summed E-state index contributed by atoms with van der Waals surface area (Å²) >= 11 is 5.66. The molecular weight excluding hydrogens is 224 g/mol. The van der Waals surface area contributed by atoms with Crippen molar-refractivity contribution in [2.75, 3.05) is 12.9 Å². The highest BCUT2D eigenvalue weighted by molar-refractivity contribution is 6.19. The van der Waals surface area contributed by atoms with E-state index in [9.17, 15) is 4.79 Å². The molecule has 3 nitrogen and oxygen atoms in total. The molecule has 1 amide bonds. The highest BCUT2D eigenvalue weighted by Crippen LogP contribution is 2.07. The van der Waals surface area contributed by atoms with Gasteiger partial charge in [-0.2, -0.15) is 0 Å². The van der Waals surface area contributed by atoms with Gasteiger partial charge in [0.25, 0.3) is 0 Å². The number of alkyl halides is 1. The fourth-order valence-electron chi connectivity index (χ4n) is 1.45. The number of halogens is 1. The summed E-state index contributed by atoms with van der Waals surface area (Å²) in [5.41, 5.74) is 1.86. The van der Waals surface area contributed by atoms with E-state index in [0.717, 1.165) is 11.4 Å². The van der Waals surface area contributed by atoms with Crippen LogP contribution in [0.3, 0.4) is 0 Å². The van der Waals surface area contributed by atoms with Gasteiger partial charge in [-0.05, 0) is 19.1 Å². The second-order valence-electron chi connectivity index (χ2n) is 4.02. The molecule has 1 aromatic heterocycles. The number of aryl methyl sites for hydroxylation is 1. The molecule has 0 aliphatic heterocycles. The van der Waals surface area contributed by atoms with Crippen molar-refractivity contribution in [3.63, 3.8) is 0 Å². The van der Waals surface area contributed by atoms with Crippen LogP contribution in [-0.2, 0) is 11.3 Å². The summed E-state index contributed by atoms with van der Waals surface area (Å²) in [6.45, 7) is 4.30. The quantitative estimate of drug-likeness (QED) is 0.757. The van der Waals surface area contributed by atoms with Crippen LogP contribution in [0.25, 0.3) is 0 Å². The first-order valence-corrected chi connectivity index (χ1v) is 5.81. The molecule has 0 aliphatic carbocycles. The van der Waals surface area contributed by atoms with E-state index in [2.05, 4.69) is 4.98 Å². The number of hydrogen-bond donors (Lipinski definition) is 0. The molecular formula is C12H17ClN2O. The Balaban J connectivity index is 2.64. The molecule has 0 radical (unpaired) electrons. The molecule has 0 fully saturated rings. The lowest BCUT2D eigenvalue weighted by atomic mass is 10.2. The van der Waals surface area contributed by atoms with Crippen LogP contribution in [0.5, 0.6) is 0 Å². The van der Waals surface area contributed by atoms with Gasteiger partial charge in [0, 0.05) is 24.5 Å². The highest BCUT2D eigenvalue weighted by Gasteiger charge is 2.16. The van der Waals surface area contributed by atoms with E-state index in [1.807, 2.05) is 32.0 Å². The topological polar surface area (TPSA) is 33.2 Å². The minimum absolute atomic E-state index is 0.0540. The summed E-state index contributed by atoms with van der Waals surface area (Å²) in [7, 11) is 1.77. The van der Waals surface area contributed by atoms with Crippen LogP contribution < -0.4 is 0 Å². The van der Waals surface area contributed by atoms with Gasteiger partial charge in [0.05, 0.1) is 12.2 Å². The molecule has 0 spiro atoms. The third kappa shape index (κ3) is 3.49. The lowest BCUT2D eigenvalue weighted by Gasteiger charge is -2.19. The van der Waals surface area contributed by atoms with E-state index >= 15 is 0 Å². The third-order valence-electron chi connectivity index (χ3n) is 2.37. The minimum Gasteiger partial charge on any atom is -0.340 e. The maximum absolute atomic E-state index is 11.8. The molecule has 0 saturated heterocycles. The predicted octanol–water partition coefficient (Wildman–Crippen LogP) is 2.22. The van der Waals surface area contributed by atoms with E-state index in [-0.39, 0.29) is 11.8 Å². The van der Waals surface area contributed by atoms with Gasteiger partial charge >= 0.3 is 0 Å². The Bertz CT molecular complexity index is 368. The molecule has 1 aromatic rings. The SMILES string of the molecule is Cc1cccc(CN(C)C(=O)C(C)CCl)n1. The number of amides is 1. The van der Waals surface area contributed by atoms with Crippen LogP contribution >= 0.6 is 11.6 Å². The van der Waals surface area contributed by atoms with E-state index in [1.54, 1.807) is 11.9 Å². The molecule has 1 heterocycles. The van der Waals surface area contributed by atoms with Crippen LogP contribution in [0, 0.1) is 12.8 Å². The second kappa shape index (κ2) is 5.85. The summed E-state index contributed by atoms with van der Waals surface area (Å²) in [5, 5.41) is 0. The molecule has 0 aliphatic rings. The zero-order chi connectivity index (χ0) is 12.1. The standard InChI is InChI=1S/C12H17ClN2O/c1-9(7-13)12(16)15(3)8-11-6-4-5-10(2)14-11/h4-6,9H,7-8H2,1-3H3. The van der Waals surface area contributed by atoms with Crippen molar-refractivity contribution in [3.05, 3.63) is 29.6 Å². The summed E-state index contributed by atoms with van der Waals surface area (Å²) in [6.07, 6.45) is 0. The monoisotopic (exact) mass is 240 g/mol. The largest absolute Gasteiger partial charge is 0.340 e. The maximum atomic E-state index is 11.8. The Hall–Kier alpha value is -1.09. The van der Waals surface area contributed by atoms with Gasteiger partial charge in [-0.3, -0.25) is 9.78 Å². The predicted molar refractivity (Wildman–Crippen MR) is 65.3 cm³/mol. The number of pyridine rings is 1. The summed E-state index contributed by atoms with van der Waals surface area (Å²) in [6, 6.07) is 5.80. The maximum Gasteiger partial charge on any atom is 0.226 e. The van der Waals surface area contributed by atoms with E-state index < -0.39 is 0 Å². The molecule has 0 aromatic carbocycles. The Morgan fingerprint density at radius 3 is 2.81 bits per heavy atom. The van der Waals surface area contributed by atoms with Gasteiger partial charge in [-0.15, -0.1) is 11.6 Å². The van der Waals surface area contributed by atoms with Crippen LogP contribution in [0.4, 0.5) is 0 Å². The zero-order valence-corrected chi connectivity index (χ0v) is 10.7. The van der Waals surface area contributed by atoms with Gasteiger partial charge in [0.2, 0.25) is 5.91 Å². The smallest absolute Gasteiger partial charge is 0.226 e. The normalized spacial score (nSPS) is 12.2. The van der Waals surface area contributed by atoms with Crippen LogP contribution in [0.15, 0.2) is 18.2 Å². The molecule has 0 saturated carbocycles. The first kappa shape index (κ1) is 13.0. The first-order valence-electron chi connectivity index (χ1n) is 5.28. The second-order valence-corrected chi connectivity index (χ2v) is 4.33. The van der Waals surface area contributed by atoms with Crippen LogP contribution in [0.1, 0.15) is 18.3 Å². The Labute approximate surface area is 101 Å². The van der Waals surface area contributed by atoms with Crippen molar-refractivity contribution in [2.24, 2.45) is 5.92 Å².